The Morgan fingerprint density at radius 3 is 2.71 bits per heavy atom. The Morgan fingerprint density at radius 1 is 1.29 bits per heavy atom. The van der Waals surface area contributed by atoms with Crippen LogP contribution >= 0.6 is 0 Å². The van der Waals surface area contributed by atoms with E-state index in [2.05, 4.69) is 4.90 Å². The molecule has 0 amide bonds. The fourth-order valence-corrected chi connectivity index (χ4v) is 2.79. The molecular weight excluding hydrogens is 270 g/mol. The molecule has 1 heterocycles. The molecule has 5 heteroatoms. The third-order valence-corrected chi connectivity index (χ3v) is 3.92. The lowest BCUT2D eigenvalue weighted by Gasteiger charge is -2.32. The quantitative estimate of drug-likeness (QED) is 0.747. The first-order valence-electron chi connectivity index (χ1n) is 7.45. The molecule has 2 rings (SSSR count). The van der Waals surface area contributed by atoms with Crippen LogP contribution < -0.4 is 0 Å². The summed E-state index contributed by atoms with van der Waals surface area (Å²) in [5.41, 5.74) is 1.55. The highest BCUT2D eigenvalue weighted by Gasteiger charge is 2.21. The van der Waals surface area contributed by atoms with Crippen LogP contribution in [-0.2, 0) is 4.74 Å². The molecule has 1 aliphatic rings. The molecule has 0 spiro atoms. The average Bonchev–Trinajstić information content (AvgIpc) is 2.52. The van der Waals surface area contributed by atoms with Gasteiger partial charge in [0.1, 0.15) is 0 Å². The lowest BCUT2D eigenvalue weighted by atomic mass is 9.90. The van der Waals surface area contributed by atoms with Gasteiger partial charge in [0.15, 0.2) is 0 Å². The maximum absolute atomic E-state index is 10.9. The zero-order valence-corrected chi connectivity index (χ0v) is 12.2. The number of rotatable bonds is 7. The largest absolute Gasteiger partial charge is 0.478 e. The van der Waals surface area contributed by atoms with Crippen LogP contribution in [0.15, 0.2) is 24.3 Å². The summed E-state index contributed by atoms with van der Waals surface area (Å²) < 4.78 is 5.31. The first-order chi connectivity index (χ1) is 10.2. The van der Waals surface area contributed by atoms with E-state index in [0.29, 0.717) is 24.7 Å². The second-order valence-corrected chi connectivity index (χ2v) is 5.40. The number of carboxylic acids is 1. The summed E-state index contributed by atoms with van der Waals surface area (Å²) in [6.45, 7) is 4.04. The summed E-state index contributed by atoms with van der Waals surface area (Å²) in [5, 5.41) is 17.6. The van der Waals surface area contributed by atoms with Gasteiger partial charge in [-0.15, -0.1) is 0 Å². The zero-order chi connectivity index (χ0) is 15.1. The second-order valence-electron chi connectivity index (χ2n) is 5.40. The van der Waals surface area contributed by atoms with E-state index in [1.807, 2.05) is 12.1 Å². The molecule has 21 heavy (non-hydrogen) atoms. The number of piperidine rings is 1. The van der Waals surface area contributed by atoms with Crippen molar-refractivity contribution in [2.24, 2.45) is 0 Å². The van der Waals surface area contributed by atoms with Gasteiger partial charge in [-0.1, -0.05) is 12.1 Å². The van der Waals surface area contributed by atoms with Crippen molar-refractivity contribution in [3.63, 3.8) is 0 Å². The third kappa shape index (κ3) is 4.81. The molecule has 0 aromatic heterocycles. The van der Waals surface area contributed by atoms with Gasteiger partial charge in [-0.3, -0.25) is 0 Å². The summed E-state index contributed by atoms with van der Waals surface area (Å²) in [7, 11) is 0. The van der Waals surface area contributed by atoms with Crippen LogP contribution in [0.2, 0.25) is 0 Å². The first kappa shape index (κ1) is 15.9. The highest BCUT2D eigenvalue weighted by molar-refractivity contribution is 5.87. The predicted molar refractivity (Wildman–Crippen MR) is 79.7 cm³/mol. The highest BCUT2D eigenvalue weighted by atomic mass is 16.5. The van der Waals surface area contributed by atoms with Crippen LogP contribution in [-0.4, -0.2) is 60.5 Å². The number of hydrogen-bond donors (Lipinski definition) is 2. The van der Waals surface area contributed by atoms with E-state index in [-0.39, 0.29) is 6.61 Å². The Bertz CT molecular complexity index is 446. The average molecular weight is 293 g/mol. The molecule has 116 valence electrons. The van der Waals surface area contributed by atoms with Gasteiger partial charge in [0.05, 0.1) is 25.4 Å². The summed E-state index contributed by atoms with van der Waals surface area (Å²) in [6.07, 6.45) is 2.28. The van der Waals surface area contributed by atoms with Gasteiger partial charge < -0.3 is 19.8 Å². The van der Waals surface area contributed by atoms with Crippen LogP contribution in [0.25, 0.3) is 0 Å². The number of likely N-dealkylation sites (tertiary alicyclic amines) is 1. The van der Waals surface area contributed by atoms with Crippen molar-refractivity contribution in [2.75, 3.05) is 39.5 Å². The summed E-state index contributed by atoms with van der Waals surface area (Å²) in [5.74, 6) is -0.424. The van der Waals surface area contributed by atoms with E-state index in [0.717, 1.165) is 32.5 Å². The standard InChI is InChI=1S/C16H23NO4/c18-9-11-21-10-8-17-7-1-2-15(12-17)13-3-5-14(6-4-13)16(19)20/h3-6,15,18H,1-2,7-12H2,(H,19,20)/t15-/m1/s1. The number of benzene rings is 1. The second kappa shape index (κ2) is 8.12. The van der Waals surface area contributed by atoms with Crippen LogP contribution in [0.1, 0.15) is 34.7 Å². The van der Waals surface area contributed by atoms with E-state index in [9.17, 15) is 4.79 Å². The molecule has 1 fully saturated rings. The predicted octanol–water partition coefficient (Wildman–Crippen LogP) is 1.57. The van der Waals surface area contributed by atoms with E-state index in [1.54, 1.807) is 12.1 Å². The van der Waals surface area contributed by atoms with Crippen molar-refractivity contribution in [3.05, 3.63) is 35.4 Å². The fraction of sp³-hybridized carbons (Fsp3) is 0.562. The number of aliphatic hydroxyl groups excluding tert-OH is 1. The van der Waals surface area contributed by atoms with Crippen molar-refractivity contribution in [1.82, 2.24) is 4.90 Å². The van der Waals surface area contributed by atoms with Gasteiger partial charge in [0.2, 0.25) is 0 Å². The fourth-order valence-electron chi connectivity index (χ4n) is 2.79. The van der Waals surface area contributed by atoms with Gasteiger partial charge >= 0.3 is 5.97 Å². The monoisotopic (exact) mass is 293 g/mol. The number of aromatic carboxylic acids is 1. The van der Waals surface area contributed by atoms with Crippen LogP contribution in [0.3, 0.4) is 0 Å². The van der Waals surface area contributed by atoms with Gasteiger partial charge in [-0.2, -0.15) is 0 Å². The highest BCUT2D eigenvalue weighted by Crippen LogP contribution is 2.26. The number of carbonyl (C=O) groups is 1. The topological polar surface area (TPSA) is 70.0 Å². The molecule has 1 aromatic carbocycles. The Hall–Kier alpha value is -1.43. The molecule has 1 atom stereocenters. The lowest BCUT2D eigenvalue weighted by molar-refractivity contribution is 0.0672. The molecule has 0 unspecified atom stereocenters. The van der Waals surface area contributed by atoms with Crippen molar-refractivity contribution in [3.8, 4) is 0 Å². The number of carboxylic acid groups (broad SMARTS) is 1. The van der Waals surface area contributed by atoms with Crippen molar-refractivity contribution in [2.45, 2.75) is 18.8 Å². The molecule has 2 N–H and O–H groups in total. The molecule has 1 saturated heterocycles. The number of aliphatic hydroxyl groups is 1. The van der Waals surface area contributed by atoms with E-state index < -0.39 is 5.97 Å². The molecule has 5 nitrogen and oxygen atoms in total. The Labute approximate surface area is 125 Å². The molecule has 1 aromatic rings. The van der Waals surface area contributed by atoms with Crippen LogP contribution in [0.5, 0.6) is 0 Å². The molecule has 0 radical (unpaired) electrons. The summed E-state index contributed by atoms with van der Waals surface area (Å²) in [6, 6.07) is 7.22. The van der Waals surface area contributed by atoms with Crippen molar-refractivity contribution >= 4 is 5.97 Å². The smallest absolute Gasteiger partial charge is 0.335 e. The number of ether oxygens (including phenoxy) is 1. The van der Waals surface area contributed by atoms with Gasteiger partial charge in [0.25, 0.3) is 0 Å². The lowest BCUT2D eigenvalue weighted by Crippen LogP contribution is -2.36. The van der Waals surface area contributed by atoms with Crippen LogP contribution in [0.4, 0.5) is 0 Å². The van der Waals surface area contributed by atoms with Gasteiger partial charge in [0, 0.05) is 13.1 Å². The molecular formula is C16H23NO4. The zero-order valence-electron chi connectivity index (χ0n) is 12.2. The third-order valence-electron chi connectivity index (χ3n) is 3.92. The van der Waals surface area contributed by atoms with Crippen LogP contribution in [0, 0.1) is 0 Å². The van der Waals surface area contributed by atoms with Gasteiger partial charge in [-0.05, 0) is 43.0 Å². The normalized spacial score (nSPS) is 19.6. The number of hydrogen-bond acceptors (Lipinski definition) is 4. The molecule has 1 aliphatic heterocycles. The summed E-state index contributed by atoms with van der Waals surface area (Å²) >= 11 is 0. The SMILES string of the molecule is O=C(O)c1ccc([C@@H]2CCCN(CCOCCO)C2)cc1. The minimum Gasteiger partial charge on any atom is -0.478 e. The molecule has 0 bridgehead atoms. The van der Waals surface area contributed by atoms with E-state index >= 15 is 0 Å². The molecule has 0 aliphatic carbocycles. The summed E-state index contributed by atoms with van der Waals surface area (Å²) in [4.78, 5) is 13.2. The minimum atomic E-state index is -0.882. The number of nitrogens with zero attached hydrogens (tertiary/aromatic N) is 1. The van der Waals surface area contributed by atoms with Crippen molar-refractivity contribution < 1.29 is 19.7 Å². The Morgan fingerprint density at radius 2 is 2.05 bits per heavy atom. The maximum Gasteiger partial charge on any atom is 0.335 e. The van der Waals surface area contributed by atoms with E-state index in [1.165, 1.54) is 5.56 Å². The molecule has 0 saturated carbocycles. The minimum absolute atomic E-state index is 0.0680. The van der Waals surface area contributed by atoms with E-state index in [4.69, 9.17) is 14.9 Å². The Kier molecular flexibility index (Phi) is 6.17. The first-order valence-corrected chi connectivity index (χ1v) is 7.45. The maximum atomic E-state index is 10.9. The Balaban J connectivity index is 1.86. The van der Waals surface area contributed by atoms with Gasteiger partial charge in [-0.25, -0.2) is 4.79 Å². The van der Waals surface area contributed by atoms with Crippen molar-refractivity contribution in [1.29, 1.82) is 0 Å².